The minimum absolute atomic E-state index is 0.0634. The molecule has 3 aromatic rings. The van der Waals surface area contributed by atoms with Gasteiger partial charge in [-0.2, -0.15) is 4.37 Å². The zero-order valence-electron chi connectivity index (χ0n) is 11.7. The van der Waals surface area contributed by atoms with E-state index in [2.05, 4.69) is 9.69 Å². The summed E-state index contributed by atoms with van der Waals surface area (Å²) >= 11 is 2.67. The van der Waals surface area contributed by atoms with Crippen molar-refractivity contribution in [2.75, 3.05) is 0 Å². The standard InChI is InChI=1S/C16H13FN2OS2/c1-10(14-7-4-8-21-14)18-16(20)15-9-13(19-22-15)11-5-2-3-6-12(11)17/h2-10H,1H3,(H,18,20). The van der Waals surface area contributed by atoms with Crippen LogP contribution in [0.2, 0.25) is 0 Å². The maximum Gasteiger partial charge on any atom is 0.263 e. The van der Waals surface area contributed by atoms with Gasteiger partial charge in [-0.25, -0.2) is 4.39 Å². The first kappa shape index (κ1) is 14.9. The number of hydrogen-bond acceptors (Lipinski definition) is 4. The molecule has 0 saturated heterocycles. The highest BCUT2D eigenvalue weighted by molar-refractivity contribution is 7.10. The van der Waals surface area contributed by atoms with E-state index in [0.29, 0.717) is 16.1 Å². The van der Waals surface area contributed by atoms with Crippen molar-refractivity contribution in [2.45, 2.75) is 13.0 Å². The molecule has 1 amide bonds. The number of halogens is 1. The van der Waals surface area contributed by atoms with Crippen LogP contribution in [0.5, 0.6) is 0 Å². The van der Waals surface area contributed by atoms with Crippen LogP contribution in [0.25, 0.3) is 11.3 Å². The van der Waals surface area contributed by atoms with Gasteiger partial charge in [-0.05, 0) is 48.1 Å². The van der Waals surface area contributed by atoms with Crippen molar-refractivity contribution in [3.63, 3.8) is 0 Å². The Morgan fingerprint density at radius 2 is 2.09 bits per heavy atom. The largest absolute Gasteiger partial charge is 0.344 e. The summed E-state index contributed by atoms with van der Waals surface area (Å²) in [7, 11) is 0. The van der Waals surface area contributed by atoms with E-state index in [1.807, 2.05) is 24.4 Å². The van der Waals surface area contributed by atoms with Gasteiger partial charge in [0.25, 0.3) is 5.91 Å². The Hall–Kier alpha value is -2.05. The minimum atomic E-state index is -0.341. The highest BCUT2D eigenvalue weighted by atomic mass is 32.1. The average molecular weight is 332 g/mol. The number of aromatic nitrogens is 1. The molecule has 1 N–H and O–H groups in total. The number of carbonyl (C=O) groups is 1. The fourth-order valence-corrected chi connectivity index (χ4v) is 3.44. The summed E-state index contributed by atoms with van der Waals surface area (Å²) in [4.78, 5) is 13.8. The second kappa shape index (κ2) is 6.37. The van der Waals surface area contributed by atoms with Crippen molar-refractivity contribution in [2.24, 2.45) is 0 Å². The second-order valence-electron chi connectivity index (χ2n) is 4.77. The van der Waals surface area contributed by atoms with E-state index in [1.54, 1.807) is 35.6 Å². The summed E-state index contributed by atoms with van der Waals surface area (Å²) in [5, 5.41) is 4.90. The molecule has 112 valence electrons. The predicted octanol–water partition coefficient (Wildman–Crippen LogP) is 4.50. The zero-order chi connectivity index (χ0) is 15.5. The Bertz CT molecular complexity index is 783. The van der Waals surface area contributed by atoms with Crippen LogP contribution >= 0.6 is 22.9 Å². The first-order valence-corrected chi connectivity index (χ1v) is 8.36. The summed E-state index contributed by atoms with van der Waals surface area (Å²) in [6.07, 6.45) is 0. The van der Waals surface area contributed by atoms with Gasteiger partial charge in [0.2, 0.25) is 0 Å². The Morgan fingerprint density at radius 3 is 2.82 bits per heavy atom. The second-order valence-corrected chi connectivity index (χ2v) is 6.55. The Morgan fingerprint density at radius 1 is 1.27 bits per heavy atom. The molecular formula is C16H13FN2OS2. The molecule has 1 atom stereocenters. The molecule has 22 heavy (non-hydrogen) atoms. The number of nitrogens with one attached hydrogen (secondary N) is 1. The highest BCUT2D eigenvalue weighted by Crippen LogP contribution is 2.25. The Labute approximate surface area is 135 Å². The average Bonchev–Trinajstić information content (AvgIpc) is 3.19. The van der Waals surface area contributed by atoms with E-state index in [1.165, 1.54) is 6.07 Å². The monoisotopic (exact) mass is 332 g/mol. The normalized spacial score (nSPS) is 12.1. The molecule has 0 aliphatic carbocycles. The lowest BCUT2D eigenvalue weighted by Crippen LogP contribution is -2.25. The quantitative estimate of drug-likeness (QED) is 0.764. The molecule has 2 aromatic heterocycles. The molecule has 0 aliphatic rings. The molecule has 2 heterocycles. The van der Waals surface area contributed by atoms with Crippen LogP contribution in [-0.2, 0) is 0 Å². The fourth-order valence-electron chi connectivity index (χ4n) is 2.05. The third-order valence-electron chi connectivity index (χ3n) is 3.20. The van der Waals surface area contributed by atoms with Gasteiger partial charge < -0.3 is 5.32 Å². The van der Waals surface area contributed by atoms with Crippen molar-refractivity contribution >= 4 is 28.8 Å². The Balaban J connectivity index is 1.76. The number of rotatable bonds is 4. The molecular weight excluding hydrogens is 319 g/mol. The summed E-state index contributed by atoms with van der Waals surface area (Å²) in [5.41, 5.74) is 0.890. The van der Waals surface area contributed by atoms with Gasteiger partial charge in [-0.1, -0.05) is 18.2 Å². The molecule has 6 heteroatoms. The van der Waals surface area contributed by atoms with E-state index < -0.39 is 0 Å². The number of benzene rings is 1. The van der Waals surface area contributed by atoms with Crippen LogP contribution in [0.1, 0.15) is 27.5 Å². The summed E-state index contributed by atoms with van der Waals surface area (Å²) in [6, 6.07) is 11.9. The first-order valence-electron chi connectivity index (χ1n) is 6.71. The zero-order valence-corrected chi connectivity index (χ0v) is 13.4. The molecule has 0 saturated carbocycles. The number of amides is 1. The molecule has 0 radical (unpaired) electrons. The van der Waals surface area contributed by atoms with E-state index in [0.717, 1.165) is 16.4 Å². The maximum absolute atomic E-state index is 13.7. The van der Waals surface area contributed by atoms with Gasteiger partial charge in [0, 0.05) is 10.4 Å². The third kappa shape index (κ3) is 3.08. The van der Waals surface area contributed by atoms with E-state index >= 15 is 0 Å². The van der Waals surface area contributed by atoms with E-state index in [9.17, 15) is 9.18 Å². The van der Waals surface area contributed by atoms with Crippen molar-refractivity contribution < 1.29 is 9.18 Å². The highest BCUT2D eigenvalue weighted by Gasteiger charge is 2.16. The summed E-state index contributed by atoms with van der Waals surface area (Å²) < 4.78 is 17.9. The van der Waals surface area contributed by atoms with Gasteiger partial charge in [-0.3, -0.25) is 4.79 Å². The summed E-state index contributed by atoms with van der Waals surface area (Å²) in [5.74, 6) is -0.535. The molecule has 0 spiro atoms. The molecule has 0 bridgehead atoms. The van der Waals surface area contributed by atoms with Crippen molar-refractivity contribution in [3.8, 4) is 11.3 Å². The van der Waals surface area contributed by atoms with Crippen LogP contribution in [-0.4, -0.2) is 10.3 Å². The lowest BCUT2D eigenvalue weighted by Gasteiger charge is -2.10. The van der Waals surface area contributed by atoms with Crippen LogP contribution in [0.15, 0.2) is 47.8 Å². The maximum atomic E-state index is 13.7. The first-order chi connectivity index (χ1) is 10.6. The van der Waals surface area contributed by atoms with E-state index in [-0.39, 0.29) is 17.8 Å². The van der Waals surface area contributed by atoms with Crippen LogP contribution in [0.3, 0.4) is 0 Å². The van der Waals surface area contributed by atoms with Gasteiger partial charge >= 0.3 is 0 Å². The van der Waals surface area contributed by atoms with Crippen molar-refractivity contribution in [1.82, 2.24) is 9.69 Å². The lowest BCUT2D eigenvalue weighted by atomic mass is 10.1. The van der Waals surface area contributed by atoms with Crippen molar-refractivity contribution in [1.29, 1.82) is 0 Å². The van der Waals surface area contributed by atoms with E-state index in [4.69, 9.17) is 0 Å². The molecule has 0 aliphatic heterocycles. The molecule has 0 fully saturated rings. The minimum Gasteiger partial charge on any atom is -0.344 e. The molecule has 3 rings (SSSR count). The molecule has 3 nitrogen and oxygen atoms in total. The van der Waals surface area contributed by atoms with Crippen molar-refractivity contribution in [3.05, 3.63) is 63.4 Å². The smallest absolute Gasteiger partial charge is 0.263 e. The predicted molar refractivity (Wildman–Crippen MR) is 87.7 cm³/mol. The number of thiophene rings is 1. The van der Waals surface area contributed by atoms with Crippen LogP contribution in [0, 0.1) is 5.82 Å². The van der Waals surface area contributed by atoms with Crippen LogP contribution < -0.4 is 5.32 Å². The molecule has 1 aromatic carbocycles. The van der Waals surface area contributed by atoms with Crippen LogP contribution in [0.4, 0.5) is 4.39 Å². The van der Waals surface area contributed by atoms with Gasteiger partial charge in [0.1, 0.15) is 10.7 Å². The Kier molecular flexibility index (Phi) is 4.31. The SMILES string of the molecule is CC(NC(=O)c1cc(-c2ccccc2F)ns1)c1cccs1. The van der Waals surface area contributed by atoms with Gasteiger partial charge in [-0.15, -0.1) is 11.3 Å². The van der Waals surface area contributed by atoms with Gasteiger partial charge in [0.05, 0.1) is 11.7 Å². The molecule has 1 unspecified atom stereocenters. The lowest BCUT2D eigenvalue weighted by molar-refractivity contribution is 0.0944. The number of hydrogen-bond donors (Lipinski definition) is 1. The summed E-state index contributed by atoms with van der Waals surface area (Å²) in [6.45, 7) is 1.93. The topological polar surface area (TPSA) is 42.0 Å². The third-order valence-corrected chi connectivity index (χ3v) is 5.04. The number of carbonyl (C=O) groups excluding carboxylic acids is 1. The fraction of sp³-hybridized carbons (Fsp3) is 0.125. The van der Waals surface area contributed by atoms with Gasteiger partial charge in [0.15, 0.2) is 0 Å². The number of nitrogens with zero attached hydrogens (tertiary/aromatic N) is 1.